The first-order valence-corrected chi connectivity index (χ1v) is 10.4. The molecule has 2 atom stereocenters. The van der Waals surface area contributed by atoms with E-state index in [1.54, 1.807) is 36.4 Å². The zero-order chi connectivity index (χ0) is 24.1. The van der Waals surface area contributed by atoms with Crippen molar-refractivity contribution in [2.45, 2.75) is 24.4 Å². The lowest BCUT2D eigenvalue weighted by Gasteiger charge is -2.32. The third-order valence-electron chi connectivity index (χ3n) is 6.21. The van der Waals surface area contributed by atoms with Gasteiger partial charge < -0.3 is 9.67 Å². The molecular formula is C26H17F4N3O. The van der Waals surface area contributed by atoms with E-state index in [1.807, 2.05) is 6.07 Å². The van der Waals surface area contributed by atoms with Crippen molar-refractivity contribution in [3.8, 4) is 6.07 Å². The molecule has 8 heteroatoms. The Bertz CT molecular complexity index is 1460. The summed E-state index contributed by atoms with van der Waals surface area (Å²) in [6, 6.07) is 17.7. The van der Waals surface area contributed by atoms with Crippen LogP contribution >= 0.6 is 0 Å². The van der Waals surface area contributed by atoms with E-state index in [0.29, 0.717) is 33.2 Å². The van der Waals surface area contributed by atoms with Crippen LogP contribution in [0.2, 0.25) is 0 Å². The molecule has 0 spiro atoms. The average molecular weight is 463 g/mol. The number of benzene rings is 3. The van der Waals surface area contributed by atoms with E-state index < -0.39 is 30.2 Å². The summed E-state index contributed by atoms with van der Waals surface area (Å²) in [6.45, 7) is -0.786. The van der Waals surface area contributed by atoms with Crippen molar-refractivity contribution >= 4 is 17.1 Å². The summed E-state index contributed by atoms with van der Waals surface area (Å²) in [6.07, 6.45) is -2.08. The van der Waals surface area contributed by atoms with Gasteiger partial charge in [0.2, 0.25) is 5.60 Å². The molecule has 1 N–H and O–H groups in total. The predicted octanol–water partition coefficient (Wildman–Crippen LogP) is 5.62. The topological polar surface area (TPSA) is 61.3 Å². The van der Waals surface area contributed by atoms with E-state index in [0.717, 1.165) is 0 Å². The fraction of sp³-hybridized carbons (Fsp3) is 0.154. The standard InChI is InChI=1S/C26H17F4N3O/c27-20-7-4-16(5-8-20)24-22-9-6-19(12-18(22)14-32-24)25(34,26(28,29)30)15-33-11-10-21-17(13-31)2-1-3-23(21)33/h1-12,14,24,34H,15H2. The number of rotatable bonds is 4. The number of aliphatic hydroxyl groups is 1. The Labute approximate surface area is 192 Å². The Kier molecular flexibility index (Phi) is 5.03. The molecule has 1 aliphatic heterocycles. The van der Waals surface area contributed by atoms with Crippen LogP contribution < -0.4 is 0 Å². The van der Waals surface area contributed by atoms with Gasteiger partial charge in [-0.25, -0.2) is 4.39 Å². The highest BCUT2D eigenvalue weighted by Crippen LogP contribution is 2.43. The molecule has 0 saturated carbocycles. The smallest absolute Gasteiger partial charge is 0.375 e. The third kappa shape index (κ3) is 3.45. The molecule has 1 aliphatic rings. The second-order valence-corrected chi connectivity index (χ2v) is 8.23. The highest BCUT2D eigenvalue weighted by Gasteiger charge is 2.55. The molecule has 34 heavy (non-hydrogen) atoms. The van der Waals surface area contributed by atoms with Crippen LogP contribution in [0.3, 0.4) is 0 Å². The molecule has 1 aromatic heterocycles. The van der Waals surface area contributed by atoms with Crippen LogP contribution in [0, 0.1) is 17.1 Å². The van der Waals surface area contributed by atoms with Gasteiger partial charge in [0.15, 0.2) is 0 Å². The van der Waals surface area contributed by atoms with E-state index >= 15 is 0 Å². The first kappa shape index (κ1) is 21.9. The van der Waals surface area contributed by atoms with Crippen LogP contribution in [0.5, 0.6) is 0 Å². The van der Waals surface area contributed by atoms with Gasteiger partial charge in [0, 0.05) is 23.3 Å². The Morgan fingerprint density at radius 3 is 2.50 bits per heavy atom. The second kappa shape index (κ2) is 7.82. The number of hydrogen-bond acceptors (Lipinski definition) is 3. The highest BCUT2D eigenvalue weighted by atomic mass is 19.4. The largest absolute Gasteiger partial charge is 0.423 e. The van der Waals surface area contributed by atoms with Gasteiger partial charge in [-0.15, -0.1) is 0 Å². The van der Waals surface area contributed by atoms with Gasteiger partial charge in [0.05, 0.1) is 18.2 Å². The van der Waals surface area contributed by atoms with Crippen LogP contribution in [0.1, 0.15) is 33.9 Å². The first-order chi connectivity index (χ1) is 16.2. The van der Waals surface area contributed by atoms with E-state index in [1.165, 1.54) is 47.3 Å². The van der Waals surface area contributed by atoms with Gasteiger partial charge in [-0.1, -0.05) is 30.3 Å². The predicted molar refractivity (Wildman–Crippen MR) is 119 cm³/mol. The lowest BCUT2D eigenvalue weighted by Crippen LogP contribution is -2.45. The Morgan fingerprint density at radius 1 is 1.03 bits per heavy atom. The molecule has 4 nitrogen and oxygen atoms in total. The van der Waals surface area contributed by atoms with E-state index in [9.17, 15) is 27.9 Å². The molecule has 2 heterocycles. The van der Waals surface area contributed by atoms with Crippen LogP contribution in [-0.4, -0.2) is 22.1 Å². The average Bonchev–Trinajstić information content (AvgIpc) is 3.42. The Morgan fingerprint density at radius 2 is 1.79 bits per heavy atom. The number of aliphatic imine (C=N–C) groups is 1. The molecule has 0 saturated heterocycles. The minimum Gasteiger partial charge on any atom is -0.375 e. The normalized spacial score (nSPS) is 16.9. The van der Waals surface area contributed by atoms with E-state index in [2.05, 4.69) is 4.99 Å². The van der Waals surface area contributed by atoms with Gasteiger partial charge in [0.1, 0.15) is 11.9 Å². The molecule has 0 amide bonds. The third-order valence-corrected chi connectivity index (χ3v) is 6.21. The number of fused-ring (bicyclic) bond motifs is 2. The monoisotopic (exact) mass is 463 g/mol. The number of hydrogen-bond donors (Lipinski definition) is 1. The fourth-order valence-electron chi connectivity index (χ4n) is 4.39. The second-order valence-electron chi connectivity index (χ2n) is 8.23. The van der Waals surface area contributed by atoms with Crippen LogP contribution in [0.25, 0.3) is 10.9 Å². The lowest BCUT2D eigenvalue weighted by atomic mass is 9.88. The molecule has 4 aromatic rings. The van der Waals surface area contributed by atoms with Crippen molar-refractivity contribution in [1.29, 1.82) is 5.26 Å². The van der Waals surface area contributed by atoms with Crippen molar-refractivity contribution in [1.82, 2.24) is 4.57 Å². The number of nitrogens with zero attached hydrogens (tertiary/aromatic N) is 3. The molecule has 3 aromatic carbocycles. The number of alkyl halides is 3. The summed E-state index contributed by atoms with van der Waals surface area (Å²) in [7, 11) is 0. The minimum absolute atomic E-state index is 0.316. The van der Waals surface area contributed by atoms with Gasteiger partial charge in [-0.05, 0) is 58.7 Å². The van der Waals surface area contributed by atoms with Gasteiger partial charge in [0.25, 0.3) is 0 Å². The maximum atomic E-state index is 14.3. The maximum absolute atomic E-state index is 14.3. The number of halogens is 4. The van der Waals surface area contributed by atoms with Gasteiger partial charge in [-0.2, -0.15) is 18.4 Å². The SMILES string of the molecule is N#Cc1cccc2c1ccn2CC(O)(c1ccc2c(c1)C=NC2c1ccc(F)cc1)C(F)(F)F. The zero-order valence-corrected chi connectivity index (χ0v) is 17.6. The van der Waals surface area contributed by atoms with Crippen LogP contribution in [-0.2, 0) is 12.1 Å². The molecule has 0 fully saturated rings. The van der Waals surface area contributed by atoms with Crippen molar-refractivity contribution in [3.63, 3.8) is 0 Å². The number of aromatic nitrogens is 1. The van der Waals surface area contributed by atoms with Crippen LogP contribution in [0.15, 0.2) is 77.9 Å². The Balaban J connectivity index is 1.55. The lowest BCUT2D eigenvalue weighted by molar-refractivity contribution is -0.271. The summed E-state index contributed by atoms with van der Waals surface area (Å²) >= 11 is 0. The zero-order valence-electron chi connectivity index (χ0n) is 17.6. The van der Waals surface area contributed by atoms with Crippen molar-refractivity contribution in [2.24, 2.45) is 4.99 Å². The molecule has 0 aliphatic carbocycles. The van der Waals surface area contributed by atoms with Gasteiger partial charge in [-0.3, -0.25) is 4.99 Å². The number of nitriles is 1. The molecule has 0 bridgehead atoms. The van der Waals surface area contributed by atoms with E-state index in [4.69, 9.17) is 0 Å². The molecule has 5 rings (SSSR count). The fourth-order valence-corrected chi connectivity index (χ4v) is 4.39. The quantitative estimate of drug-likeness (QED) is 0.399. The molecule has 0 radical (unpaired) electrons. The van der Waals surface area contributed by atoms with Crippen molar-refractivity contribution in [2.75, 3.05) is 0 Å². The first-order valence-electron chi connectivity index (χ1n) is 10.4. The summed E-state index contributed by atoms with van der Waals surface area (Å²) in [5.74, 6) is -0.393. The van der Waals surface area contributed by atoms with Gasteiger partial charge >= 0.3 is 6.18 Å². The molecular weight excluding hydrogens is 446 g/mol. The minimum atomic E-state index is -4.98. The molecule has 2 unspecified atom stereocenters. The summed E-state index contributed by atoms with van der Waals surface area (Å²) in [4.78, 5) is 4.38. The maximum Gasteiger partial charge on any atom is 0.423 e. The van der Waals surface area contributed by atoms with Crippen molar-refractivity contribution < 1.29 is 22.7 Å². The summed E-state index contributed by atoms with van der Waals surface area (Å²) in [5, 5.41) is 20.8. The van der Waals surface area contributed by atoms with Crippen LogP contribution in [0.4, 0.5) is 17.6 Å². The Hall–Kier alpha value is -3.96. The van der Waals surface area contributed by atoms with E-state index in [-0.39, 0.29) is 5.56 Å². The molecule has 170 valence electrons. The summed E-state index contributed by atoms with van der Waals surface area (Å²) < 4.78 is 57.4. The summed E-state index contributed by atoms with van der Waals surface area (Å²) in [5.41, 5.74) is -0.902. The highest BCUT2D eigenvalue weighted by molar-refractivity contribution is 5.87. The van der Waals surface area contributed by atoms with Crippen molar-refractivity contribution in [3.05, 3.63) is 107 Å².